The number of nitrogens with zero attached hydrogens (tertiary/aromatic N) is 5. The Balaban J connectivity index is 1.30. The Bertz CT molecular complexity index is 1180. The van der Waals surface area contributed by atoms with Crippen LogP contribution in [0.5, 0.6) is 0 Å². The summed E-state index contributed by atoms with van der Waals surface area (Å²) >= 11 is 13.6. The van der Waals surface area contributed by atoms with E-state index in [0.717, 1.165) is 36.9 Å². The number of sulfonamides is 1. The number of halogens is 2. The number of thioether (sulfide) groups is 1. The minimum Gasteiger partial charge on any atom is -0.445 e. The van der Waals surface area contributed by atoms with E-state index in [0.29, 0.717) is 6.42 Å². The number of carbonyl (C=O) groups excluding carboxylic acids is 1. The highest BCUT2D eigenvalue weighted by Crippen LogP contribution is 2.32. The van der Waals surface area contributed by atoms with Crippen LogP contribution in [0.4, 0.5) is 10.6 Å². The topological polar surface area (TPSA) is 95.9 Å². The van der Waals surface area contributed by atoms with E-state index < -0.39 is 22.2 Å². The lowest BCUT2D eigenvalue weighted by atomic mass is 10.0. The van der Waals surface area contributed by atoms with Crippen LogP contribution in [-0.4, -0.2) is 85.3 Å². The van der Waals surface area contributed by atoms with Gasteiger partial charge in [0, 0.05) is 38.9 Å². The molecule has 1 unspecified atom stereocenters. The Labute approximate surface area is 219 Å². The van der Waals surface area contributed by atoms with Gasteiger partial charge in [0.1, 0.15) is 16.8 Å². The normalized spacial score (nSPS) is 19.7. The Hall–Kier alpha value is -1.79. The van der Waals surface area contributed by atoms with Crippen molar-refractivity contribution in [1.29, 1.82) is 0 Å². The number of hydrogen-bond donors (Lipinski definition) is 0. The Morgan fingerprint density at radius 1 is 1.17 bits per heavy atom. The zero-order valence-corrected chi connectivity index (χ0v) is 22.6. The highest BCUT2D eigenvalue weighted by atomic mass is 35.5. The van der Waals surface area contributed by atoms with Crippen molar-refractivity contribution in [3.63, 3.8) is 0 Å². The lowest BCUT2D eigenvalue weighted by Crippen LogP contribution is -2.46. The quantitative estimate of drug-likeness (QED) is 0.387. The lowest BCUT2D eigenvalue weighted by Gasteiger charge is -2.37. The molecule has 0 aliphatic carbocycles. The van der Waals surface area contributed by atoms with Crippen molar-refractivity contribution in [2.24, 2.45) is 0 Å². The summed E-state index contributed by atoms with van der Waals surface area (Å²) in [6, 6.07) is 6.43. The van der Waals surface area contributed by atoms with Crippen molar-refractivity contribution in [1.82, 2.24) is 19.2 Å². The van der Waals surface area contributed by atoms with E-state index >= 15 is 0 Å². The first-order chi connectivity index (χ1) is 16.7. The number of benzene rings is 1. The highest BCUT2D eigenvalue weighted by Gasteiger charge is 2.37. The molecule has 4 rings (SSSR count). The second-order valence-electron chi connectivity index (χ2n) is 8.44. The third-order valence-corrected chi connectivity index (χ3v) is 9.74. The molecule has 3 heterocycles. The summed E-state index contributed by atoms with van der Waals surface area (Å²) in [7, 11) is -2.11. The van der Waals surface area contributed by atoms with Crippen LogP contribution in [0, 0.1) is 0 Å². The van der Waals surface area contributed by atoms with Gasteiger partial charge in [0.05, 0.1) is 16.6 Å². The molecule has 35 heavy (non-hydrogen) atoms. The van der Waals surface area contributed by atoms with Crippen LogP contribution < -0.4 is 4.90 Å². The molecule has 0 saturated carbocycles. The molecule has 0 radical (unpaired) electrons. The summed E-state index contributed by atoms with van der Waals surface area (Å²) in [5.41, 5.74) is 0. The molecule has 2 aliphatic heterocycles. The number of hydrogen-bond acceptors (Lipinski definition) is 8. The number of piperidine rings is 1. The molecular formula is C22H27Cl2N5O4S2. The first-order valence-corrected chi connectivity index (χ1v) is 14.6. The molecule has 190 valence electrons. The summed E-state index contributed by atoms with van der Waals surface area (Å²) in [5, 5.41) is 0.898. The molecule has 2 aromatic rings. The maximum absolute atomic E-state index is 13.0. The van der Waals surface area contributed by atoms with Crippen molar-refractivity contribution in [2.75, 3.05) is 44.4 Å². The second-order valence-corrected chi connectivity index (χ2v) is 11.9. The summed E-state index contributed by atoms with van der Waals surface area (Å²) in [5.74, 6) is 0.889. The first kappa shape index (κ1) is 26.3. The molecule has 1 atom stereocenters. The molecule has 2 fully saturated rings. The molecule has 1 amide bonds. The molecule has 2 saturated heterocycles. The zero-order valence-electron chi connectivity index (χ0n) is 19.4. The standard InChI is InChI=1S/C22H27Cl2N5O4S2/c1-27(15-7-11-28(12-8-15)19-6-10-25-21(26-19)34-2)22(30)33-16-9-13-29(14-16)35(31,32)18-5-3-4-17(23)20(18)24/h3-6,10,15-16H,7-9,11-14H2,1-2H3. The summed E-state index contributed by atoms with van der Waals surface area (Å²) in [6.45, 7) is 1.85. The molecule has 0 bridgehead atoms. The van der Waals surface area contributed by atoms with Crippen LogP contribution in [0.1, 0.15) is 19.3 Å². The van der Waals surface area contributed by atoms with Gasteiger partial charge in [0.15, 0.2) is 5.16 Å². The second kappa shape index (κ2) is 11.1. The van der Waals surface area contributed by atoms with E-state index in [-0.39, 0.29) is 34.1 Å². The largest absolute Gasteiger partial charge is 0.445 e. The van der Waals surface area contributed by atoms with Gasteiger partial charge in [-0.2, -0.15) is 4.31 Å². The van der Waals surface area contributed by atoms with Crippen LogP contribution in [-0.2, 0) is 14.8 Å². The maximum atomic E-state index is 13.0. The number of carbonyl (C=O) groups is 1. The lowest BCUT2D eigenvalue weighted by molar-refractivity contribution is 0.0607. The van der Waals surface area contributed by atoms with E-state index in [4.69, 9.17) is 27.9 Å². The average molecular weight is 561 g/mol. The van der Waals surface area contributed by atoms with Gasteiger partial charge < -0.3 is 14.5 Å². The predicted molar refractivity (Wildman–Crippen MR) is 137 cm³/mol. The van der Waals surface area contributed by atoms with Crippen molar-refractivity contribution >= 4 is 56.9 Å². The van der Waals surface area contributed by atoms with Crippen LogP contribution in [0.15, 0.2) is 40.5 Å². The van der Waals surface area contributed by atoms with Gasteiger partial charge in [0.2, 0.25) is 10.0 Å². The predicted octanol–water partition coefficient (Wildman–Crippen LogP) is 4.01. The van der Waals surface area contributed by atoms with E-state index in [1.54, 1.807) is 24.2 Å². The van der Waals surface area contributed by atoms with E-state index in [2.05, 4.69) is 14.9 Å². The fraction of sp³-hybridized carbons (Fsp3) is 0.500. The van der Waals surface area contributed by atoms with Crippen molar-refractivity contribution < 1.29 is 17.9 Å². The Kier molecular flexibility index (Phi) is 8.32. The number of rotatable bonds is 6. The summed E-state index contributed by atoms with van der Waals surface area (Å²) in [4.78, 5) is 25.4. The SMILES string of the molecule is CSc1nccc(N2CCC(N(C)C(=O)OC3CCN(S(=O)(=O)c4cccc(Cl)c4Cl)C3)CC2)n1. The van der Waals surface area contributed by atoms with Gasteiger partial charge in [-0.25, -0.2) is 23.2 Å². The van der Waals surface area contributed by atoms with E-state index in [9.17, 15) is 13.2 Å². The van der Waals surface area contributed by atoms with E-state index in [1.165, 1.54) is 28.2 Å². The molecule has 1 aromatic heterocycles. The molecule has 13 heteroatoms. The minimum absolute atomic E-state index is 0.00711. The van der Waals surface area contributed by atoms with Crippen LogP contribution in [0.2, 0.25) is 10.0 Å². The van der Waals surface area contributed by atoms with Crippen molar-refractivity contribution in [3.05, 3.63) is 40.5 Å². The summed E-state index contributed by atoms with van der Waals surface area (Å²) in [6.07, 6.45) is 4.71. The highest BCUT2D eigenvalue weighted by molar-refractivity contribution is 7.98. The smallest absolute Gasteiger partial charge is 0.410 e. The van der Waals surface area contributed by atoms with Gasteiger partial charge in [-0.05, 0) is 43.7 Å². The maximum Gasteiger partial charge on any atom is 0.410 e. The fourth-order valence-electron chi connectivity index (χ4n) is 4.30. The average Bonchev–Trinajstić information content (AvgIpc) is 3.34. The number of ether oxygens (including phenoxy) is 1. The Morgan fingerprint density at radius 2 is 1.91 bits per heavy atom. The van der Waals surface area contributed by atoms with Crippen molar-refractivity contribution in [3.8, 4) is 0 Å². The number of anilines is 1. The first-order valence-electron chi connectivity index (χ1n) is 11.2. The monoisotopic (exact) mass is 559 g/mol. The van der Waals surface area contributed by atoms with Gasteiger partial charge in [-0.15, -0.1) is 0 Å². The molecule has 0 spiro atoms. The van der Waals surface area contributed by atoms with Gasteiger partial charge in [0.25, 0.3) is 0 Å². The van der Waals surface area contributed by atoms with E-state index in [1.807, 2.05) is 12.3 Å². The third-order valence-electron chi connectivity index (χ3n) is 6.33. The zero-order chi connectivity index (χ0) is 25.2. The number of amides is 1. The van der Waals surface area contributed by atoms with Crippen LogP contribution in [0.3, 0.4) is 0 Å². The fourth-order valence-corrected chi connectivity index (χ4v) is 6.87. The Morgan fingerprint density at radius 3 is 2.63 bits per heavy atom. The molecule has 1 aromatic carbocycles. The molecule has 0 N–H and O–H groups in total. The number of aromatic nitrogens is 2. The van der Waals surface area contributed by atoms with Gasteiger partial charge in [-0.1, -0.05) is 41.0 Å². The van der Waals surface area contributed by atoms with Gasteiger partial charge >= 0.3 is 6.09 Å². The third kappa shape index (κ3) is 5.80. The summed E-state index contributed by atoms with van der Waals surface area (Å²) < 4.78 is 33.0. The molecule has 9 nitrogen and oxygen atoms in total. The van der Waals surface area contributed by atoms with Crippen molar-refractivity contribution in [2.45, 2.75) is 41.5 Å². The molecule has 2 aliphatic rings. The van der Waals surface area contributed by atoms with Gasteiger partial charge in [-0.3, -0.25) is 0 Å². The molecular weight excluding hydrogens is 533 g/mol. The van der Waals surface area contributed by atoms with Crippen LogP contribution >= 0.6 is 35.0 Å². The van der Waals surface area contributed by atoms with Crippen LogP contribution in [0.25, 0.3) is 0 Å². The minimum atomic E-state index is -3.84.